The molecule has 0 fully saturated rings. The van der Waals surface area contributed by atoms with Crippen molar-refractivity contribution in [1.82, 2.24) is 0 Å². The summed E-state index contributed by atoms with van der Waals surface area (Å²) in [5.74, 6) is 2.00. The average Bonchev–Trinajstić information content (AvgIpc) is 2.61. The summed E-state index contributed by atoms with van der Waals surface area (Å²) in [6.07, 6.45) is 6.80. The lowest BCUT2D eigenvalue weighted by Crippen LogP contribution is -2.08. The Morgan fingerprint density at radius 1 is 0.957 bits per heavy atom. The summed E-state index contributed by atoms with van der Waals surface area (Å²) < 4.78 is 11.4. The third-order valence-corrected chi connectivity index (χ3v) is 4.61. The first-order valence-corrected chi connectivity index (χ1v) is 8.25. The van der Waals surface area contributed by atoms with Crippen LogP contribution in [0.4, 0.5) is 0 Å². The molecule has 1 aliphatic carbocycles. The smallest absolute Gasteiger partial charge is 0.129 e. The van der Waals surface area contributed by atoms with Crippen LogP contribution in [-0.2, 0) is 12.8 Å². The summed E-state index contributed by atoms with van der Waals surface area (Å²) in [5.41, 5.74) is 6.20. The van der Waals surface area contributed by atoms with E-state index in [1.165, 1.54) is 35.1 Å². The molecule has 0 amide bonds. The molecule has 0 radical (unpaired) electrons. The molecule has 0 aliphatic heterocycles. The Kier molecular flexibility index (Phi) is 4.71. The van der Waals surface area contributed by atoms with E-state index in [2.05, 4.69) is 43.3 Å². The second-order valence-corrected chi connectivity index (χ2v) is 6.06. The molecule has 2 aromatic rings. The van der Waals surface area contributed by atoms with Crippen molar-refractivity contribution in [3.05, 3.63) is 58.7 Å². The highest BCUT2D eigenvalue weighted by molar-refractivity contribution is 5.83. The fraction of sp³-hybridized carbons (Fsp3) is 0.333. The largest absolute Gasteiger partial charge is 0.496 e. The van der Waals surface area contributed by atoms with Gasteiger partial charge in [-0.25, -0.2) is 0 Å². The molecule has 2 heteroatoms. The number of allylic oxidation sites excluding steroid dienone is 1. The second kappa shape index (κ2) is 6.91. The van der Waals surface area contributed by atoms with Crippen molar-refractivity contribution < 1.29 is 9.47 Å². The van der Waals surface area contributed by atoms with Crippen molar-refractivity contribution in [2.45, 2.75) is 32.6 Å². The van der Waals surface area contributed by atoms with Gasteiger partial charge in [0.05, 0.1) is 14.2 Å². The lowest BCUT2D eigenvalue weighted by Gasteiger charge is -2.23. The predicted molar refractivity (Wildman–Crippen MR) is 96.2 cm³/mol. The quantitative estimate of drug-likeness (QED) is 0.728. The molecule has 0 atom stereocenters. The van der Waals surface area contributed by atoms with E-state index in [0.29, 0.717) is 0 Å². The molecule has 23 heavy (non-hydrogen) atoms. The van der Waals surface area contributed by atoms with Crippen LogP contribution in [0.3, 0.4) is 0 Å². The van der Waals surface area contributed by atoms with Crippen LogP contribution >= 0.6 is 0 Å². The minimum atomic E-state index is 0.993. The van der Waals surface area contributed by atoms with Crippen molar-refractivity contribution in [2.75, 3.05) is 14.2 Å². The van der Waals surface area contributed by atoms with Gasteiger partial charge in [0.2, 0.25) is 0 Å². The maximum atomic E-state index is 5.78. The molecular formula is C21H24O2. The zero-order valence-electron chi connectivity index (χ0n) is 14.2. The molecule has 1 aliphatic rings. The Bertz CT molecular complexity index is 714. The number of rotatable bonds is 4. The number of hydrogen-bond acceptors (Lipinski definition) is 2. The summed E-state index contributed by atoms with van der Waals surface area (Å²) in [5, 5.41) is 0. The van der Waals surface area contributed by atoms with E-state index in [1.807, 2.05) is 6.07 Å². The van der Waals surface area contributed by atoms with Gasteiger partial charge in [-0.1, -0.05) is 30.3 Å². The molecule has 0 spiro atoms. The lowest BCUT2D eigenvalue weighted by molar-refractivity contribution is 0.388. The van der Waals surface area contributed by atoms with Crippen molar-refractivity contribution in [3.8, 4) is 11.5 Å². The van der Waals surface area contributed by atoms with Gasteiger partial charge >= 0.3 is 0 Å². The number of ether oxygens (including phenoxy) is 2. The van der Waals surface area contributed by atoms with Gasteiger partial charge in [0, 0.05) is 16.7 Å². The molecule has 0 N–H and O–H groups in total. The molecule has 120 valence electrons. The van der Waals surface area contributed by atoms with Crippen LogP contribution in [0.1, 0.15) is 42.0 Å². The van der Waals surface area contributed by atoms with Crippen LogP contribution in [0.5, 0.6) is 11.5 Å². The number of benzene rings is 2. The molecule has 0 heterocycles. The first-order valence-electron chi connectivity index (χ1n) is 8.25. The van der Waals surface area contributed by atoms with Crippen LogP contribution < -0.4 is 9.47 Å². The third kappa shape index (κ3) is 3.12. The van der Waals surface area contributed by atoms with Gasteiger partial charge in [-0.2, -0.15) is 0 Å². The van der Waals surface area contributed by atoms with Crippen molar-refractivity contribution in [2.24, 2.45) is 0 Å². The number of methoxy groups -OCH3 is 2. The molecular weight excluding hydrogens is 284 g/mol. The fourth-order valence-corrected chi connectivity index (χ4v) is 3.44. The van der Waals surface area contributed by atoms with Crippen molar-refractivity contribution >= 4 is 11.6 Å². The Morgan fingerprint density at radius 3 is 2.30 bits per heavy atom. The summed E-state index contributed by atoms with van der Waals surface area (Å²) >= 11 is 0. The zero-order valence-corrected chi connectivity index (χ0v) is 14.2. The summed E-state index contributed by atoms with van der Waals surface area (Å²) in [4.78, 5) is 0. The molecule has 0 saturated carbocycles. The molecule has 0 bridgehead atoms. The Labute approximate surface area is 138 Å². The molecule has 0 aromatic heterocycles. The highest BCUT2D eigenvalue weighted by atomic mass is 16.5. The van der Waals surface area contributed by atoms with E-state index in [1.54, 1.807) is 14.2 Å². The SMILES string of the molecule is COc1cc(C=C(C)c2ccccc2)c(OC)c2c1CCCC2. The van der Waals surface area contributed by atoms with Gasteiger partial charge in [0.15, 0.2) is 0 Å². The van der Waals surface area contributed by atoms with E-state index < -0.39 is 0 Å². The van der Waals surface area contributed by atoms with E-state index in [4.69, 9.17) is 9.47 Å². The Morgan fingerprint density at radius 2 is 1.65 bits per heavy atom. The van der Waals surface area contributed by atoms with E-state index in [9.17, 15) is 0 Å². The highest BCUT2D eigenvalue weighted by Gasteiger charge is 2.21. The van der Waals surface area contributed by atoms with Gasteiger partial charge in [0.1, 0.15) is 11.5 Å². The van der Waals surface area contributed by atoms with E-state index in [-0.39, 0.29) is 0 Å². The average molecular weight is 308 g/mol. The number of fused-ring (bicyclic) bond motifs is 1. The van der Waals surface area contributed by atoms with Crippen molar-refractivity contribution in [3.63, 3.8) is 0 Å². The monoisotopic (exact) mass is 308 g/mol. The van der Waals surface area contributed by atoms with Crippen LogP contribution in [0.25, 0.3) is 11.6 Å². The van der Waals surface area contributed by atoms with Gasteiger partial charge in [-0.05, 0) is 55.9 Å². The summed E-state index contributed by atoms with van der Waals surface area (Å²) in [7, 11) is 3.53. The summed E-state index contributed by atoms with van der Waals surface area (Å²) in [6, 6.07) is 12.6. The first-order chi connectivity index (χ1) is 11.2. The Hall–Kier alpha value is -2.22. The third-order valence-electron chi connectivity index (χ3n) is 4.61. The van der Waals surface area contributed by atoms with Crippen LogP contribution in [0, 0.1) is 0 Å². The molecule has 2 aromatic carbocycles. The minimum absolute atomic E-state index is 0.993. The standard InChI is InChI=1S/C21H24O2/c1-15(16-9-5-4-6-10-16)13-17-14-20(22-2)18-11-7-8-12-19(18)21(17)23-3/h4-6,9-10,13-14H,7-8,11-12H2,1-3H3. The predicted octanol–water partition coefficient (Wildman–Crippen LogP) is 5.14. The minimum Gasteiger partial charge on any atom is -0.496 e. The van der Waals surface area contributed by atoms with Gasteiger partial charge in [-0.15, -0.1) is 0 Å². The van der Waals surface area contributed by atoms with E-state index >= 15 is 0 Å². The number of hydrogen-bond donors (Lipinski definition) is 0. The Balaban J connectivity index is 2.12. The normalized spacial score (nSPS) is 14.3. The maximum Gasteiger partial charge on any atom is 0.129 e. The summed E-state index contributed by atoms with van der Waals surface area (Å²) in [6.45, 7) is 2.14. The molecule has 0 unspecified atom stereocenters. The maximum absolute atomic E-state index is 5.78. The van der Waals surface area contributed by atoms with Crippen LogP contribution in [0.15, 0.2) is 36.4 Å². The van der Waals surface area contributed by atoms with Gasteiger partial charge in [0.25, 0.3) is 0 Å². The van der Waals surface area contributed by atoms with Gasteiger partial charge in [-0.3, -0.25) is 0 Å². The fourth-order valence-electron chi connectivity index (χ4n) is 3.44. The first kappa shape index (κ1) is 15.7. The van der Waals surface area contributed by atoms with Crippen LogP contribution in [-0.4, -0.2) is 14.2 Å². The molecule has 3 rings (SSSR count). The highest BCUT2D eigenvalue weighted by Crippen LogP contribution is 2.40. The second-order valence-electron chi connectivity index (χ2n) is 6.06. The zero-order chi connectivity index (χ0) is 16.2. The van der Waals surface area contributed by atoms with Crippen molar-refractivity contribution in [1.29, 1.82) is 0 Å². The molecule has 0 saturated heterocycles. The van der Waals surface area contributed by atoms with E-state index in [0.717, 1.165) is 29.9 Å². The molecule has 2 nitrogen and oxygen atoms in total. The van der Waals surface area contributed by atoms with Crippen LogP contribution in [0.2, 0.25) is 0 Å². The lowest BCUT2D eigenvalue weighted by atomic mass is 9.88. The van der Waals surface area contributed by atoms with Gasteiger partial charge < -0.3 is 9.47 Å². The topological polar surface area (TPSA) is 18.5 Å².